The molecule has 0 unspecified atom stereocenters. The first-order chi connectivity index (χ1) is 5.25. The lowest BCUT2D eigenvalue weighted by atomic mass is 10.2. The van der Waals surface area contributed by atoms with E-state index in [9.17, 15) is 0 Å². The minimum absolute atomic E-state index is 0.650. The predicted molar refractivity (Wildman–Crippen MR) is 48.6 cm³/mol. The van der Waals surface area contributed by atoms with Crippen LogP contribution in [-0.2, 0) is 0 Å². The van der Waals surface area contributed by atoms with Crippen molar-refractivity contribution >= 4 is 20.6 Å². The number of hydrogen-bond donors (Lipinski definition) is 1. The molecule has 11 heavy (non-hydrogen) atoms. The summed E-state index contributed by atoms with van der Waals surface area (Å²) in [7, 11) is 0. The molecule has 0 atom stereocenters. The fourth-order valence-electron chi connectivity index (χ4n) is 0.774. The van der Waals surface area contributed by atoms with Crippen LogP contribution in [0.1, 0.15) is 11.1 Å². The maximum Gasteiger partial charge on any atom is 0.133 e. The predicted octanol–water partition coefficient (Wildman–Crippen LogP) is 1.41. The molecule has 3 nitrogen and oxygen atoms in total. The van der Waals surface area contributed by atoms with Crippen molar-refractivity contribution < 1.29 is 0 Å². The highest BCUT2D eigenvalue weighted by Crippen LogP contribution is 2.09. The van der Waals surface area contributed by atoms with E-state index >= 15 is 0 Å². The number of pyridine rings is 1. The number of hydrazone groups is 1. The van der Waals surface area contributed by atoms with Gasteiger partial charge in [0.25, 0.3) is 0 Å². The van der Waals surface area contributed by atoms with Crippen molar-refractivity contribution in [2.75, 3.05) is 0 Å². The molecule has 0 saturated heterocycles. The van der Waals surface area contributed by atoms with Crippen molar-refractivity contribution in [1.82, 2.24) is 4.98 Å². The second kappa shape index (κ2) is 3.48. The van der Waals surface area contributed by atoms with Gasteiger partial charge in [-0.05, 0) is 34.5 Å². The summed E-state index contributed by atoms with van der Waals surface area (Å²) in [6.45, 7) is 1.95. The maximum absolute atomic E-state index is 5.09. The first-order valence-electron chi connectivity index (χ1n) is 3.10. The van der Waals surface area contributed by atoms with Gasteiger partial charge in [-0.3, -0.25) is 4.98 Å². The molecule has 0 saturated carbocycles. The van der Waals surface area contributed by atoms with E-state index in [0.29, 0.717) is 4.62 Å². The highest BCUT2D eigenvalue weighted by atomic mass is 79.9. The first kappa shape index (κ1) is 8.20. The number of aryl methyl sites for hydroxylation is 1. The van der Waals surface area contributed by atoms with Crippen LogP contribution in [0.15, 0.2) is 23.6 Å². The third-order valence-electron chi connectivity index (χ3n) is 1.36. The van der Waals surface area contributed by atoms with Crippen LogP contribution in [0, 0.1) is 6.92 Å². The maximum atomic E-state index is 5.09. The van der Waals surface area contributed by atoms with Gasteiger partial charge in [0, 0.05) is 18.0 Å². The van der Waals surface area contributed by atoms with Gasteiger partial charge in [-0.15, -0.1) is 0 Å². The van der Waals surface area contributed by atoms with E-state index in [2.05, 4.69) is 26.0 Å². The monoisotopic (exact) mass is 213 g/mol. The molecule has 0 radical (unpaired) electrons. The topological polar surface area (TPSA) is 51.3 Å². The molecule has 2 N–H and O–H groups in total. The van der Waals surface area contributed by atoms with Crippen molar-refractivity contribution in [3.05, 3.63) is 29.6 Å². The summed E-state index contributed by atoms with van der Waals surface area (Å²) in [4.78, 5) is 3.94. The Hall–Kier alpha value is -0.900. The SMILES string of the molecule is Cc1cnccc1/C(Br)=N\N. The van der Waals surface area contributed by atoms with Crippen LogP contribution in [0.3, 0.4) is 0 Å². The molecule has 4 heteroatoms. The van der Waals surface area contributed by atoms with Gasteiger partial charge in [-0.25, -0.2) is 0 Å². The molecule has 1 rings (SSSR count). The summed E-state index contributed by atoms with van der Waals surface area (Å²) in [6.07, 6.45) is 3.47. The van der Waals surface area contributed by atoms with Crippen LogP contribution < -0.4 is 5.84 Å². The Balaban J connectivity index is 3.14. The van der Waals surface area contributed by atoms with Gasteiger partial charge in [-0.1, -0.05) is 0 Å². The van der Waals surface area contributed by atoms with Crippen LogP contribution in [-0.4, -0.2) is 9.60 Å². The van der Waals surface area contributed by atoms with E-state index in [4.69, 9.17) is 5.84 Å². The van der Waals surface area contributed by atoms with E-state index in [0.717, 1.165) is 11.1 Å². The van der Waals surface area contributed by atoms with Gasteiger partial charge in [0.05, 0.1) is 0 Å². The molecule has 0 amide bonds. The minimum Gasteiger partial charge on any atom is -0.322 e. The zero-order valence-corrected chi connectivity index (χ0v) is 7.67. The smallest absolute Gasteiger partial charge is 0.133 e. The molecule has 0 bridgehead atoms. The summed E-state index contributed by atoms with van der Waals surface area (Å²) >= 11 is 3.23. The van der Waals surface area contributed by atoms with Gasteiger partial charge in [0.15, 0.2) is 0 Å². The summed E-state index contributed by atoms with van der Waals surface area (Å²) in [5, 5.41) is 3.53. The average molecular weight is 214 g/mol. The molecule has 0 aromatic carbocycles. The van der Waals surface area contributed by atoms with Crippen molar-refractivity contribution in [3.63, 3.8) is 0 Å². The molecular formula is C7H8BrN3. The van der Waals surface area contributed by atoms with Crippen LogP contribution in [0.25, 0.3) is 0 Å². The Morgan fingerprint density at radius 2 is 2.45 bits per heavy atom. The Labute approximate surface area is 73.5 Å². The quantitative estimate of drug-likeness (QED) is 0.436. The van der Waals surface area contributed by atoms with Gasteiger partial charge in [0.2, 0.25) is 0 Å². The lowest BCUT2D eigenvalue weighted by molar-refractivity contribution is 1.23. The summed E-state index contributed by atoms with van der Waals surface area (Å²) < 4.78 is 0.650. The fourth-order valence-corrected chi connectivity index (χ4v) is 1.22. The second-order valence-corrected chi connectivity index (χ2v) is 2.86. The highest BCUT2D eigenvalue weighted by molar-refractivity contribution is 9.18. The second-order valence-electron chi connectivity index (χ2n) is 2.11. The third-order valence-corrected chi connectivity index (χ3v) is 1.99. The number of aromatic nitrogens is 1. The van der Waals surface area contributed by atoms with Gasteiger partial charge in [-0.2, -0.15) is 5.10 Å². The van der Waals surface area contributed by atoms with Gasteiger partial charge >= 0.3 is 0 Å². The summed E-state index contributed by atoms with van der Waals surface area (Å²) in [6, 6.07) is 1.86. The summed E-state index contributed by atoms with van der Waals surface area (Å²) in [5.41, 5.74) is 2.02. The summed E-state index contributed by atoms with van der Waals surface area (Å²) in [5.74, 6) is 5.09. The molecule has 0 fully saturated rings. The molecule has 1 heterocycles. The molecule has 0 aliphatic rings. The minimum atomic E-state index is 0.650. The normalized spacial score (nSPS) is 11.6. The van der Waals surface area contributed by atoms with Gasteiger partial charge < -0.3 is 5.84 Å². The van der Waals surface area contributed by atoms with Crippen LogP contribution in [0.2, 0.25) is 0 Å². The molecule has 0 aliphatic carbocycles. The third kappa shape index (κ3) is 1.77. The Kier molecular flexibility index (Phi) is 2.59. The van der Waals surface area contributed by atoms with E-state index in [1.807, 2.05) is 13.0 Å². The van der Waals surface area contributed by atoms with E-state index in [1.165, 1.54) is 0 Å². The molecule has 1 aromatic heterocycles. The van der Waals surface area contributed by atoms with Crippen LogP contribution >= 0.6 is 15.9 Å². The molecule has 58 valence electrons. The van der Waals surface area contributed by atoms with Crippen LogP contribution in [0.4, 0.5) is 0 Å². The molecule has 0 aliphatic heterocycles. The van der Waals surface area contributed by atoms with E-state index in [1.54, 1.807) is 12.4 Å². The van der Waals surface area contributed by atoms with Crippen LogP contribution in [0.5, 0.6) is 0 Å². The zero-order chi connectivity index (χ0) is 8.27. The fraction of sp³-hybridized carbons (Fsp3) is 0.143. The Morgan fingerprint density at radius 1 is 1.73 bits per heavy atom. The Bertz CT molecular complexity index is 283. The standard InChI is InChI=1S/C7H8BrN3/c1-5-4-10-3-2-6(5)7(8)11-9/h2-4H,9H2,1H3/b11-7+. The Morgan fingerprint density at radius 3 is 3.00 bits per heavy atom. The largest absolute Gasteiger partial charge is 0.322 e. The van der Waals surface area contributed by atoms with Crippen molar-refractivity contribution in [2.24, 2.45) is 10.9 Å². The van der Waals surface area contributed by atoms with Crippen molar-refractivity contribution in [1.29, 1.82) is 0 Å². The van der Waals surface area contributed by atoms with Gasteiger partial charge in [0.1, 0.15) is 4.62 Å². The highest BCUT2D eigenvalue weighted by Gasteiger charge is 2.00. The van der Waals surface area contributed by atoms with Crippen molar-refractivity contribution in [3.8, 4) is 0 Å². The number of nitrogens with zero attached hydrogens (tertiary/aromatic N) is 2. The van der Waals surface area contributed by atoms with Crippen molar-refractivity contribution in [2.45, 2.75) is 6.92 Å². The molecule has 1 aromatic rings. The first-order valence-corrected chi connectivity index (χ1v) is 3.89. The molecular weight excluding hydrogens is 206 g/mol. The number of nitrogens with two attached hydrogens (primary N) is 1. The number of halogens is 1. The average Bonchev–Trinajstić information content (AvgIpc) is 2.04. The lowest BCUT2D eigenvalue weighted by Crippen LogP contribution is -1.98. The number of rotatable bonds is 1. The van der Waals surface area contributed by atoms with E-state index in [-0.39, 0.29) is 0 Å². The van der Waals surface area contributed by atoms with E-state index < -0.39 is 0 Å². The zero-order valence-electron chi connectivity index (χ0n) is 6.08. The molecule has 0 spiro atoms. The lowest BCUT2D eigenvalue weighted by Gasteiger charge is -1.99. The number of hydrogen-bond acceptors (Lipinski definition) is 3.